The highest BCUT2D eigenvalue weighted by atomic mass is 16.5. The van der Waals surface area contributed by atoms with Gasteiger partial charge in [0, 0.05) is 22.7 Å². The topological polar surface area (TPSA) is 99.0 Å². The summed E-state index contributed by atoms with van der Waals surface area (Å²) in [7, 11) is 4.57. The van der Waals surface area contributed by atoms with Crippen molar-refractivity contribution in [3.8, 4) is 17.2 Å². The molecule has 0 bridgehead atoms. The number of hydrogen-bond donors (Lipinski definition) is 2. The van der Waals surface area contributed by atoms with Crippen LogP contribution < -0.4 is 24.8 Å². The van der Waals surface area contributed by atoms with Crippen LogP contribution in [-0.2, 0) is 0 Å². The molecule has 2 N–H and O–H groups in total. The minimum absolute atomic E-state index is 0.0183. The average Bonchev–Trinajstić information content (AvgIpc) is 3.22. The van der Waals surface area contributed by atoms with Crippen LogP contribution in [0.5, 0.6) is 17.2 Å². The van der Waals surface area contributed by atoms with Gasteiger partial charge in [-0.05, 0) is 48.5 Å². The van der Waals surface area contributed by atoms with Crippen LogP contribution in [0.15, 0.2) is 71.1 Å². The number of nitrogens with one attached hydrogen (secondary N) is 2. The third-order valence-electron chi connectivity index (χ3n) is 5.00. The number of para-hydroxylation sites is 1. The van der Waals surface area contributed by atoms with E-state index in [-0.39, 0.29) is 11.4 Å². The van der Waals surface area contributed by atoms with E-state index in [0.29, 0.717) is 39.5 Å². The third-order valence-corrected chi connectivity index (χ3v) is 5.00. The van der Waals surface area contributed by atoms with Gasteiger partial charge in [0.05, 0.1) is 21.3 Å². The standard InChI is InChI=1S/C25H22N2O6/c1-30-17-10-8-16(9-11-17)26-25(29)23-22(20-6-4-5-7-21(20)33-23)27-24(28)15-12-18(31-2)14-19(13-15)32-3/h4-14H,1-3H3,(H,26,29)(H,27,28). The molecule has 4 rings (SSSR count). The number of hydrogen-bond acceptors (Lipinski definition) is 6. The fourth-order valence-corrected chi connectivity index (χ4v) is 3.32. The van der Waals surface area contributed by atoms with Crippen molar-refractivity contribution in [3.63, 3.8) is 0 Å². The second-order valence-corrected chi connectivity index (χ2v) is 7.04. The van der Waals surface area contributed by atoms with E-state index < -0.39 is 11.8 Å². The first-order valence-corrected chi connectivity index (χ1v) is 10.0. The third kappa shape index (κ3) is 4.59. The van der Waals surface area contributed by atoms with Gasteiger partial charge in [0.1, 0.15) is 28.5 Å². The molecule has 3 aromatic carbocycles. The quantitative estimate of drug-likeness (QED) is 0.416. The largest absolute Gasteiger partial charge is 0.497 e. The summed E-state index contributed by atoms with van der Waals surface area (Å²) in [5.41, 5.74) is 1.59. The summed E-state index contributed by atoms with van der Waals surface area (Å²) in [6.45, 7) is 0. The molecule has 8 nitrogen and oxygen atoms in total. The van der Waals surface area contributed by atoms with Crippen LogP contribution >= 0.6 is 0 Å². The van der Waals surface area contributed by atoms with Gasteiger partial charge >= 0.3 is 0 Å². The van der Waals surface area contributed by atoms with E-state index >= 15 is 0 Å². The Hall–Kier alpha value is -4.46. The van der Waals surface area contributed by atoms with Gasteiger partial charge in [-0.2, -0.15) is 0 Å². The minimum Gasteiger partial charge on any atom is -0.497 e. The van der Waals surface area contributed by atoms with E-state index in [1.807, 2.05) is 0 Å². The van der Waals surface area contributed by atoms with Gasteiger partial charge in [0.2, 0.25) is 5.76 Å². The maximum absolute atomic E-state index is 13.1. The number of carbonyl (C=O) groups excluding carboxylic acids is 2. The Morgan fingerprint density at radius 2 is 1.36 bits per heavy atom. The van der Waals surface area contributed by atoms with Gasteiger partial charge in [-0.3, -0.25) is 9.59 Å². The Bertz CT molecular complexity index is 1290. The summed E-state index contributed by atoms with van der Waals surface area (Å²) in [6, 6.07) is 18.8. The maximum atomic E-state index is 13.1. The summed E-state index contributed by atoms with van der Waals surface area (Å²) >= 11 is 0. The molecule has 0 spiro atoms. The van der Waals surface area contributed by atoms with Crippen LogP contribution in [0.25, 0.3) is 11.0 Å². The van der Waals surface area contributed by atoms with Crippen molar-refractivity contribution in [2.75, 3.05) is 32.0 Å². The Kier molecular flexibility index (Phi) is 6.17. The number of benzene rings is 3. The number of methoxy groups -OCH3 is 3. The zero-order chi connectivity index (χ0) is 23.4. The number of rotatable bonds is 7. The number of furan rings is 1. The van der Waals surface area contributed by atoms with Crippen LogP contribution in [-0.4, -0.2) is 33.1 Å². The molecule has 0 saturated carbocycles. The molecule has 8 heteroatoms. The first-order valence-electron chi connectivity index (χ1n) is 10.0. The lowest BCUT2D eigenvalue weighted by molar-refractivity contribution is 0.0999. The van der Waals surface area contributed by atoms with Crippen molar-refractivity contribution in [2.45, 2.75) is 0 Å². The molecule has 0 fully saturated rings. The van der Waals surface area contributed by atoms with E-state index in [9.17, 15) is 9.59 Å². The van der Waals surface area contributed by atoms with Gasteiger partial charge in [-0.1, -0.05) is 12.1 Å². The normalized spacial score (nSPS) is 10.5. The molecule has 1 heterocycles. The van der Waals surface area contributed by atoms with Crippen LogP contribution in [0.4, 0.5) is 11.4 Å². The number of amides is 2. The van der Waals surface area contributed by atoms with Crippen LogP contribution in [0.1, 0.15) is 20.9 Å². The van der Waals surface area contributed by atoms with Gasteiger partial charge in [-0.15, -0.1) is 0 Å². The first kappa shape index (κ1) is 21.8. The second-order valence-electron chi connectivity index (χ2n) is 7.04. The lowest BCUT2D eigenvalue weighted by Gasteiger charge is -2.10. The predicted molar refractivity (Wildman–Crippen MR) is 125 cm³/mol. The number of carbonyl (C=O) groups is 2. The molecule has 168 valence electrons. The molecule has 2 amide bonds. The fraction of sp³-hybridized carbons (Fsp3) is 0.120. The van der Waals surface area contributed by atoms with E-state index in [2.05, 4.69) is 10.6 Å². The van der Waals surface area contributed by atoms with E-state index in [4.69, 9.17) is 18.6 Å². The lowest BCUT2D eigenvalue weighted by Crippen LogP contribution is -2.17. The van der Waals surface area contributed by atoms with Crippen molar-refractivity contribution < 1.29 is 28.2 Å². The summed E-state index contributed by atoms with van der Waals surface area (Å²) in [4.78, 5) is 26.1. The summed E-state index contributed by atoms with van der Waals surface area (Å²) < 4.78 is 21.4. The molecule has 4 aromatic rings. The number of ether oxygens (including phenoxy) is 3. The molecule has 0 atom stereocenters. The molecular formula is C25H22N2O6. The van der Waals surface area contributed by atoms with Crippen molar-refractivity contribution in [3.05, 3.63) is 78.1 Å². The molecule has 33 heavy (non-hydrogen) atoms. The number of anilines is 2. The molecule has 0 unspecified atom stereocenters. The van der Waals surface area contributed by atoms with Crippen LogP contribution in [0, 0.1) is 0 Å². The zero-order valence-electron chi connectivity index (χ0n) is 18.3. The van der Waals surface area contributed by atoms with Gasteiger partial charge in [0.15, 0.2) is 0 Å². The smallest absolute Gasteiger partial charge is 0.293 e. The fourth-order valence-electron chi connectivity index (χ4n) is 3.32. The SMILES string of the molecule is COc1ccc(NC(=O)c2oc3ccccc3c2NC(=O)c2cc(OC)cc(OC)c2)cc1. The summed E-state index contributed by atoms with van der Waals surface area (Å²) in [5.74, 6) is 0.629. The lowest BCUT2D eigenvalue weighted by atomic mass is 10.1. The monoisotopic (exact) mass is 446 g/mol. The first-order chi connectivity index (χ1) is 16.0. The highest BCUT2D eigenvalue weighted by Gasteiger charge is 2.23. The molecule has 0 radical (unpaired) electrons. The van der Waals surface area contributed by atoms with Crippen molar-refractivity contribution in [2.24, 2.45) is 0 Å². The van der Waals surface area contributed by atoms with Gasteiger partial charge < -0.3 is 29.3 Å². The highest BCUT2D eigenvalue weighted by Crippen LogP contribution is 2.32. The molecule has 0 aliphatic rings. The Morgan fingerprint density at radius 3 is 2.00 bits per heavy atom. The summed E-state index contributed by atoms with van der Waals surface area (Å²) in [5, 5.41) is 6.19. The molecule has 0 saturated heterocycles. The molecule has 0 aliphatic carbocycles. The highest BCUT2D eigenvalue weighted by molar-refractivity contribution is 6.17. The van der Waals surface area contributed by atoms with Crippen molar-refractivity contribution in [1.29, 1.82) is 0 Å². The minimum atomic E-state index is -0.505. The Labute approximate surface area is 190 Å². The van der Waals surface area contributed by atoms with Crippen LogP contribution in [0.2, 0.25) is 0 Å². The molecule has 1 aromatic heterocycles. The summed E-state index contributed by atoms with van der Waals surface area (Å²) in [6.07, 6.45) is 0. The second kappa shape index (κ2) is 9.35. The van der Waals surface area contributed by atoms with Gasteiger partial charge in [0.25, 0.3) is 11.8 Å². The van der Waals surface area contributed by atoms with Crippen molar-refractivity contribution >= 4 is 34.2 Å². The van der Waals surface area contributed by atoms with E-state index in [0.717, 1.165) is 0 Å². The average molecular weight is 446 g/mol. The van der Waals surface area contributed by atoms with Crippen molar-refractivity contribution in [1.82, 2.24) is 0 Å². The zero-order valence-corrected chi connectivity index (χ0v) is 18.3. The maximum Gasteiger partial charge on any atom is 0.293 e. The Balaban J connectivity index is 1.67. The predicted octanol–water partition coefficient (Wildman–Crippen LogP) is 4.96. The number of fused-ring (bicyclic) bond motifs is 1. The van der Waals surface area contributed by atoms with Crippen LogP contribution in [0.3, 0.4) is 0 Å². The van der Waals surface area contributed by atoms with E-state index in [1.54, 1.807) is 73.8 Å². The molecule has 0 aliphatic heterocycles. The van der Waals surface area contributed by atoms with Gasteiger partial charge in [-0.25, -0.2) is 0 Å². The van der Waals surface area contributed by atoms with E-state index in [1.165, 1.54) is 14.2 Å². The molecular weight excluding hydrogens is 424 g/mol. The Morgan fingerprint density at radius 1 is 0.727 bits per heavy atom.